The first-order valence-electron chi connectivity index (χ1n) is 8.71. The average Bonchev–Trinajstić information content (AvgIpc) is 2.94. The van der Waals surface area contributed by atoms with Crippen LogP contribution in [0.1, 0.15) is 16.7 Å². The van der Waals surface area contributed by atoms with Gasteiger partial charge in [0, 0.05) is 0 Å². The third kappa shape index (κ3) is 4.97. The predicted octanol–water partition coefficient (Wildman–Crippen LogP) is 3.70. The first-order chi connectivity index (χ1) is 13.9. The Bertz CT molecular complexity index is 1000. The molecule has 0 aliphatic carbocycles. The second kappa shape index (κ2) is 8.83. The molecule has 7 nitrogen and oxygen atoms in total. The number of aliphatic carboxylic acids is 1. The van der Waals surface area contributed by atoms with Crippen molar-refractivity contribution < 1.29 is 29.0 Å². The summed E-state index contributed by atoms with van der Waals surface area (Å²) in [6, 6.07) is 12.5. The molecule has 2 aromatic carbocycles. The maximum Gasteiger partial charge on any atom is 0.341 e. The number of nitrogens with zero attached hydrogens (tertiary/aromatic N) is 1. The van der Waals surface area contributed by atoms with Gasteiger partial charge in [-0.25, -0.2) is 4.79 Å². The predicted molar refractivity (Wildman–Crippen MR) is 109 cm³/mol. The van der Waals surface area contributed by atoms with Crippen LogP contribution in [0, 0.1) is 6.92 Å². The van der Waals surface area contributed by atoms with Gasteiger partial charge in [-0.3, -0.25) is 14.5 Å². The van der Waals surface area contributed by atoms with Crippen LogP contribution in [0.3, 0.4) is 0 Å². The van der Waals surface area contributed by atoms with E-state index >= 15 is 0 Å². The molecule has 8 heteroatoms. The van der Waals surface area contributed by atoms with E-state index in [2.05, 4.69) is 0 Å². The maximum absolute atomic E-state index is 12.7. The number of carbonyl (C=O) groups is 3. The van der Waals surface area contributed by atoms with Crippen LogP contribution in [0.4, 0.5) is 4.79 Å². The molecule has 0 bridgehead atoms. The minimum Gasteiger partial charge on any atom is -0.493 e. The largest absolute Gasteiger partial charge is 0.493 e. The monoisotopic (exact) mass is 413 g/mol. The van der Waals surface area contributed by atoms with Gasteiger partial charge in [-0.1, -0.05) is 35.9 Å². The summed E-state index contributed by atoms with van der Waals surface area (Å²) in [5.41, 5.74) is 2.57. The van der Waals surface area contributed by atoms with E-state index in [9.17, 15) is 14.4 Å². The van der Waals surface area contributed by atoms with Crippen molar-refractivity contribution >= 4 is 35.0 Å². The number of carboxylic acids is 1. The second-order valence-electron chi connectivity index (χ2n) is 6.35. The highest BCUT2D eigenvalue weighted by Gasteiger charge is 2.35. The Morgan fingerprint density at radius 3 is 2.66 bits per heavy atom. The number of ether oxygens (including phenoxy) is 2. The normalized spacial score (nSPS) is 15.1. The van der Waals surface area contributed by atoms with Crippen LogP contribution in [0.2, 0.25) is 0 Å². The molecule has 0 saturated carbocycles. The Balaban J connectivity index is 1.79. The quantitative estimate of drug-likeness (QED) is 0.692. The van der Waals surface area contributed by atoms with Crippen LogP contribution in [0.15, 0.2) is 47.4 Å². The fourth-order valence-corrected chi connectivity index (χ4v) is 3.65. The summed E-state index contributed by atoms with van der Waals surface area (Å²) in [6.07, 6.45) is 1.60. The number of imide groups is 1. The SMILES string of the molecule is COc1cc(/C=C2\SC(=O)N(Cc3cccc(C)c3)C2=O)ccc1OCC(=O)O. The van der Waals surface area contributed by atoms with Crippen molar-refractivity contribution in [3.63, 3.8) is 0 Å². The van der Waals surface area contributed by atoms with E-state index in [1.54, 1.807) is 24.3 Å². The molecule has 0 unspecified atom stereocenters. The lowest BCUT2D eigenvalue weighted by Gasteiger charge is -2.12. The van der Waals surface area contributed by atoms with Gasteiger partial charge in [-0.15, -0.1) is 0 Å². The van der Waals surface area contributed by atoms with E-state index in [1.165, 1.54) is 12.0 Å². The summed E-state index contributed by atoms with van der Waals surface area (Å²) in [7, 11) is 1.43. The fourth-order valence-electron chi connectivity index (χ4n) is 2.81. The fraction of sp³-hybridized carbons (Fsp3) is 0.190. The van der Waals surface area contributed by atoms with Gasteiger partial charge in [0.15, 0.2) is 18.1 Å². The molecule has 1 aliphatic rings. The molecule has 150 valence electrons. The van der Waals surface area contributed by atoms with Crippen molar-refractivity contribution in [2.45, 2.75) is 13.5 Å². The molecule has 0 atom stereocenters. The van der Waals surface area contributed by atoms with Crippen LogP contribution >= 0.6 is 11.8 Å². The molecule has 0 spiro atoms. The molecule has 1 saturated heterocycles. The zero-order valence-electron chi connectivity index (χ0n) is 15.9. The van der Waals surface area contributed by atoms with E-state index in [0.29, 0.717) is 16.2 Å². The molecular formula is C21H19NO6S. The Morgan fingerprint density at radius 1 is 1.17 bits per heavy atom. The van der Waals surface area contributed by atoms with Crippen LogP contribution in [-0.2, 0) is 16.1 Å². The molecule has 1 heterocycles. The van der Waals surface area contributed by atoms with Gasteiger partial charge in [0.2, 0.25) is 0 Å². The lowest BCUT2D eigenvalue weighted by Crippen LogP contribution is -2.27. The van der Waals surface area contributed by atoms with Crippen molar-refractivity contribution in [3.05, 3.63) is 64.1 Å². The van der Waals surface area contributed by atoms with Gasteiger partial charge in [0.25, 0.3) is 11.1 Å². The lowest BCUT2D eigenvalue weighted by atomic mass is 10.1. The summed E-state index contributed by atoms with van der Waals surface area (Å²) < 4.78 is 10.4. The number of methoxy groups -OCH3 is 1. The molecule has 3 rings (SSSR count). The zero-order chi connectivity index (χ0) is 21.0. The molecule has 2 aromatic rings. The highest BCUT2D eigenvalue weighted by Crippen LogP contribution is 2.35. The topological polar surface area (TPSA) is 93.1 Å². The van der Waals surface area contributed by atoms with Gasteiger partial charge >= 0.3 is 5.97 Å². The molecular weight excluding hydrogens is 394 g/mol. The molecule has 0 aromatic heterocycles. The summed E-state index contributed by atoms with van der Waals surface area (Å²) in [4.78, 5) is 37.2. The first-order valence-corrected chi connectivity index (χ1v) is 9.52. The number of benzene rings is 2. The van der Waals surface area contributed by atoms with Crippen molar-refractivity contribution in [2.24, 2.45) is 0 Å². The Morgan fingerprint density at radius 2 is 1.97 bits per heavy atom. The number of hydrogen-bond acceptors (Lipinski definition) is 6. The summed E-state index contributed by atoms with van der Waals surface area (Å²) in [5, 5.41) is 8.41. The van der Waals surface area contributed by atoms with Crippen molar-refractivity contribution in [3.8, 4) is 11.5 Å². The molecule has 1 aliphatic heterocycles. The van der Waals surface area contributed by atoms with Crippen molar-refractivity contribution in [1.82, 2.24) is 4.90 Å². The van der Waals surface area contributed by atoms with E-state index in [1.807, 2.05) is 31.2 Å². The van der Waals surface area contributed by atoms with Crippen molar-refractivity contribution in [2.75, 3.05) is 13.7 Å². The van der Waals surface area contributed by atoms with Gasteiger partial charge in [-0.05, 0) is 48.0 Å². The number of carbonyl (C=O) groups excluding carboxylic acids is 2. The van der Waals surface area contributed by atoms with Gasteiger partial charge < -0.3 is 14.6 Å². The minimum atomic E-state index is -1.10. The minimum absolute atomic E-state index is 0.217. The van der Waals surface area contributed by atoms with Gasteiger partial charge in [0.05, 0.1) is 18.6 Å². The first kappa shape index (κ1) is 20.5. The van der Waals surface area contributed by atoms with E-state index in [4.69, 9.17) is 14.6 Å². The third-order valence-electron chi connectivity index (χ3n) is 4.13. The average molecular weight is 413 g/mol. The van der Waals surface area contributed by atoms with Crippen LogP contribution < -0.4 is 9.47 Å². The van der Waals surface area contributed by atoms with Crippen LogP contribution in [0.25, 0.3) is 6.08 Å². The summed E-state index contributed by atoms with van der Waals surface area (Å²) >= 11 is 0.881. The lowest BCUT2D eigenvalue weighted by molar-refractivity contribution is -0.139. The highest BCUT2D eigenvalue weighted by atomic mass is 32.2. The molecule has 1 fully saturated rings. The molecule has 29 heavy (non-hydrogen) atoms. The maximum atomic E-state index is 12.7. The van der Waals surface area contributed by atoms with E-state index < -0.39 is 12.6 Å². The van der Waals surface area contributed by atoms with E-state index in [-0.39, 0.29) is 23.4 Å². The van der Waals surface area contributed by atoms with Crippen LogP contribution in [-0.4, -0.2) is 40.8 Å². The molecule has 2 amide bonds. The number of carboxylic acid groups (broad SMARTS) is 1. The standard InChI is InChI=1S/C21H19NO6S/c1-13-4-3-5-15(8-13)11-22-20(25)18(29-21(22)26)10-14-6-7-16(17(9-14)27-2)28-12-19(23)24/h3-10H,11-12H2,1-2H3,(H,23,24)/b18-10-. The van der Waals surface area contributed by atoms with Gasteiger partial charge in [0.1, 0.15) is 0 Å². The third-order valence-corrected chi connectivity index (χ3v) is 5.04. The number of thioether (sulfide) groups is 1. The number of hydrogen-bond donors (Lipinski definition) is 1. The number of rotatable bonds is 7. The van der Waals surface area contributed by atoms with Crippen LogP contribution in [0.5, 0.6) is 11.5 Å². The zero-order valence-corrected chi connectivity index (χ0v) is 16.7. The summed E-state index contributed by atoms with van der Waals surface area (Å²) in [6.45, 7) is 1.68. The Hall–Kier alpha value is -3.26. The highest BCUT2D eigenvalue weighted by molar-refractivity contribution is 8.18. The van der Waals surface area contributed by atoms with E-state index in [0.717, 1.165) is 22.9 Å². The second-order valence-corrected chi connectivity index (χ2v) is 7.34. The number of aryl methyl sites for hydroxylation is 1. The smallest absolute Gasteiger partial charge is 0.341 e. The van der Waals surface area contributed by atoms with Crippen molar-refractivity contribution in [1.29, 1.82) is 0 Å². The Kier molecular flexibility index (Phi) is 6.23. The summed E-state index contributed by atoms with van der Waals surface area (Å²) in [5.74, 6) is -0.844. The number of amides is 2. The Labute approximate surface area is 171 Å². The molecule has 0 radical (unpaired) electrons. The molecule has 1 N–H and O–H groups in total. The van der Waals surface area contributed by atoms with Gasteiger partial charge in [-0.2, -0.15) is 0 Å².